The Morgan fingerprint density at radius 2 is 1.95 bits per heavy atom. The van der Waals surface area contributed by atoms with Crippen LogP contribution in [0.2, 0.25) is 0 Å². The molecule has 2 heterocycles. The molecule has 0 bridgehead atoms. The summed E-state index contributed by atoms with van der Waals surface area (Å²) >= 11 is 0. The third-order valence-electron chi connectivity index (χ3n) is 4.00. The van der Waals surface area contributed by atoms with E-state index in [0.717, 1.165) is 29.7 Å². The Kier molecular flexibility index (Phi) is 3.41. The largest absolute Gasteiger partial charge is 0.369 e. The second kappa shape index (κ2) is 5.24. The number of aromatic nitrogens is 4. The minimum absolute atomic E-state index is 0.282. The summed E-state index contributed by atoms with van der Waals surface area (Å²) in [7, 11) is 1.94. The second-order valence-electron chi connectivity index (χ2n) is 5.59. The highest BCUT2D eigenvalue weighted by Gasteiger charge is 2.19. The molecule has 0 aliphatic rings. The van der Waals surface area contributed by atoms with Crippen molar-refractivity contribution in [1.29, 1.82) is 0 Å². The molecule has 5 nitrogen and oxygen atoms in total. The molecule has 0 fully saturated rings. The van der Waals surface area contributed by atoms with Crippen molar-refractivity contribution < 1.29 is 0 Å². The van der Waals surface area contributed by atoms with Gasteiger partial charge in [-0.25, -0.2) is 4.98 Å². The lowest BCUT2D eigenvalue weighted by Crippen LogP contribution is -2.12. The summed E-state index contributed by atoms with van der Waals surface area (Å²) in [5.74, 6) is 0.571. The fraction of sp³-hybridized carbons (Fsp3) is 0.375. The van der Waals surface area contributed by atoms with Gasteiger partial charge in [0.05, 0.1) is 5.69 Å². The van der Waals surface area contributed by atoms with E-state index in [-0.39, 0.29) is 6.04 Å². The van der Waals surface area contributed by atoms with Crippen LogP contribution in [0.5, 0.6) is 0 Å². The Balaban J connectivity index is 1.87. The molecule has 3 rings (SSSR count). The molecule has 0 aliphatic heterocycles. The maximum absolute atomic E-state index is 6.12. The van der Waals surface area contributed by atoms with Gasteiger partial charge in [-0.2, -0.15) is 5.10 Å². The molecule has 0 saturated carbocycles. The highest BCUT2D eigenvalue weighted by Crippen LogP contribution is 2.26. The Hall–Kier alpha value is -2.30. The summed E-state index contributed by atoms with van der Waals surface area (Å²) < 4.78 is 3.96. The molecular weight excluding hydrogens is 262 g/mol. The number of fused-ring (bicyclic) bond motifs is 1. The van der Waals surface area contributed by atoms with Gasteiger partial charge in [0.2, 0.25) is 5.95 Å². The lowest BCUT2D eigenvalue weighted by molar-refractivity contribution is 0.515. The zero-order valence-electron chi connectivity index (χ0n) is 12.7. The van der Waals surface area contributed by atoms with Crippen molar-refractivity contribution in [3.05, 3.63) is 41.6 Å². The van der Waals surface area contributed by atoms with E-state index in [0.29, 0.717) is 5.95 Å². The Bertz CT molecular complexity index is 754. The average molecular weight is 283 g/mol. The van der Waals surface area contributed by atoms with E-state index in [4.69, 9.17) is 5.73 Å². The van der Waals surface area contributed by atoms with Crippen molar-refractivity contribution in [2.45, 2.75) is 32.7 Å². The minimum Gasteiger partial charge on any atom is -0.369 e. The van der Waals surface area contributed by atoms with Crippen LogP contribution in [0, 0.1) is 6.92 Å². The first-order chi connectivity index (χ1) is 10.1. The number of hydrogen-bond donors (Lipinski definition) is 1. The molecule has 3 aromatic rings. The van der Waals surface area contributed by atoms with Crippen molar-refractivity contribution in [2.24, 2.45) is 7.05 Å². The van der Waals surface area contributed by atoms with Crippen LogP contribution in [-0.4, -0.2) is 19.3 Å². The van der Waals surface area contributed by atoms with Gasteiger partial charge < -0.3 is 5.73 Å². The van der Waals surface area contributed by atoms with E-state index < -0.39 is 0 Å². The first-order valence-corrected chi connectivity index (χ1v) is 7.29. The molecule has 21 heavy (non-hydrogen) atoms. The number of benzene rings is 1. The van der Waals surface area contributed by atoms with Gasteiger partial charge in [0.25, 0.3) is 0 Å². The predicted molar refractivity (Wildman–Crippen MR) is 85.1 cm³/mol. The maximum Gasteiger partial charge on any atom is 0.202 e. The zero-order valence-corrected chi connectivity index (χ0v) is 12.7. The molecule has 0 radical (unpaired) electrons. The summed E-state index contributed by atoms with van der Waals surface area (Å²) in [4.78, 5) is 4.47. The first-order valence-electron chi connectivity index (χ1n) is 7.29. The number of rotatable bonds is 4. The number of nitrogens with two attached hydrogens (primary N) is 1. The molecule has 0 aliphatic carbocycles. The fourth-order valence-corrected chi connectivity index (χ4v) is 2.90. The van der Waals surface area contributed by atoms with Crippen LogP contribution in [0.25, 0.3) is 11.2 Å². The Labute approximate surface area is 124 Å². The van der Waals surface area contributed by atoms with E-state index in [2.05, 4.69) is 45.8 Å². The van der Waals surface area contributed by atoms with Crippen molar-refractivity contribution in [3.8, 4) is 0 Å². The van der Waals surface area contributed by atoms with Crippen LogP contribution in [0.15, 0.2) is 30.3 Å². The number of nitrogen functional groups attached to an aromatic ring is 1. The van der Waals surface area contributed by atoms with Gasteiger partial charge in [0.1, 0.15) is 5.52 Å². The van der Waals surface area contributed by atoms with Gasteiger partial charge in [-0.3, -0.25) is 9.25 Å². The van der Waals surface area contributed by atoms with Crippen LogP contribution in [0.3, 0.4) is 0 Å². The highest BCUT2D eigenvalue weighted by molar-refractivity contribution is 5.77. The number of anilines is 1. The summed E-state index contributed by atoms with van der Waals surface area (Å²) in [5, 5.41) is 4.43. The Morgan fingerprint density at radius 3 is 2.67 bits per heavy atom. The quantitative estimate of drug-likeness (QED) is 0.801. The van der Waals surface area contributed by atoms with Crippen LogP contribution >= 0.6 is 0 Å². The average Bonchev–Trinajstić information content (AvgIpc) is 2.95. The van der Waals surface area contributed by atoms with E-state index in [1.54, 1.807) is 0 Å². The van der Waals surface area contributed by atoms with Gasteiger partial charge >= 0.3 is 0 Å². The van der Waals surface area contributed by atoms with Gasteiger partial charge in [0.15, 0.2) is 5.65 Å². The Morgan fingerprint density at radius 1 is 1.24 bits per heavy atom. The van der Waals surface area contributed by atoms with Crippen molar-refractivity contribution in [1.82, 2.24) is 19.3 Å². The number of nitrogens with zero attached hydrogens (tertiary/aromatic N) is 4. The molecule has 110 valence electrons. The van der Waals surface area contributed by atoms with E-state index in [1.165, 1.54) is 5.56 Å². The van der Waals surface area contributed by atoms with Crippen molar-refractivity contribution in [2.75, 3.05) is 5.73 Å². The molecule has 1 aromatic carbocycles. The minimum atomic E-state index is 0.282. The molecular formula is C16H21N5. The van der Waals surface area contributed by atoms with E-state index in [1.807, 2.05) is 24.7 Å². The smallest absolute Gasteiger partial charge is 0.202 e. The SMILES string of the molecule is Cc1nn(C)c2c1nc(N)n2C(C)CCc1ccccc1. The van der Waals surface area contributed by atoms with Crippen LogP contribution in [-0.2, 0) is 13.5 Å². The van der Waals surface area contributed by atoms with Gasteiger partial charge in [-0.05, 0) is 32.3 Å². The molecule has 0 spiro atoms. The monoisotopic (exact) mass is 283 g/mol. The highest BCUT2D eigenvalue weighted by atomic mass is 15.4. The van der Waals surface area contributed by atoms with E-state index >= 15 is 0 Å². The predicted octanol–water partition coefficient (Wildman–Crippen LogP) is 2.85. The normalized spacial score (nSPS) is 12.9. The number of aryl methyl sites for hydroxylation is 3. The van der Waals surface area contributed by atoms with Gasteiger partial charge in [-0.1, -0.05) is 30.3 Å². The lowest BCUT2D eigenvalue weighted by Gasteiger charge is -2.16. The van der Waals surface area contributed by atoms with Crippen LogP contribution < -0.4 is 5.73 Å². The van der Waals surface area contributed by atoms with Crippen molar-refractivity contribution in [3.63, 3.8) is 0 Å². The lowest BCUT2D eigenvalue weighted by atomic mass is 10.1. The molecule has 5 heteroatoms. The topological polar surface area (TPSA) is 61.7 Å². The molecule has 2 N–H and O–H groups in total. The van der Waals surface area contributed by atoms with E-state index in [9.17, 15) is 0 Å². The van der Waals surface area contributed by atoms with Crippen LogP contribution in [0.4, 0.5) is 5.95 Å². The van der Waals surface area contributed by atoms with Gasteiger partial charge in [-0.15, -0.1) is 0 Å². The third-order valence-corrected chi connectivity index (χ3v) is 4.00. The van der Waals surface area contributed by atoms with Crippen molar-refractivity contribution >= 4 is 17.1 Å². The summed E-state index contributed by atoms with van der Waals surface area (Å²) in [6.45, 7) is 4.15. The molecule has 0 saturated heterocycles. The third kappa shape index (κ3) is 2.39. The standard InChI is InChI=1S/C16H21N5/c1-11(9-10-13-7-5-4-6-8-13)21-15-14(18-16(21)17)12(2)19-20(15)3/h4-8,11H,9-10H2,1-3H3,(H2,17,18). The van der Waals surface area contributed by atoms with Crippen LogP contribution in [0.1, 0.15) is 30.6 Å². The molecule has 2 aromatic heterocycles. The summed E-state index contributed by atoms with van der Waals surface area (Å²) in [6, 6.07) is 10.8. The second-order valence-corrected chi connectivity index (χ2v) is 5.59. The summed E-state index contributed by atoms with van der Waals surface area (Å²) in [5.41, 5.74) is 10.3. The first kappa shape index (κ1) is 13.7. The molecule has 0 amide bonds. The maximum atomic E-state index is 6.12. The van der Waals surface area contributed by atoms with Gasteiger partial charge in [0, 0.05) is 13.1 Å². The molecule has 1 atom stereocenters. The fourth-order valence-electron chi connectivity index (χ4n) is 2.90. The number of imidazole rings is 1. The number of hydrogen-bond acceptors (Lipinski definition) is 3. The zero-order chi connectivity index (χ0) is 15.0. The molecule has 1 unspecified atom stereocenters. The summed E-state index contributed by atoms with van der Waals surface area (Å²) in [6.07, 6.45) is 2.04.